The number of benzene rings is 2. The Labute approximate surface area is 232 Å². The number of carbonyl (C=O) groups excluding carboxylic acids is 3. The van der Waals surface area contributed by atoms with Crippen LogP contribution >= 0.6 is 15.9 Å². The van der Waals surface area contributed by atoms with Crippen LogP contribution < -0.4 is 10.6 Å². The van der Waals surface area contributed by atoms with Crippen LogP contribution in [0.4, 0.5) is 10.2 Å². The van der Waals surface area contributed by atoms with E-state index in [0.29, 0.717) is 51.3 Å². The van der Waals surface area contributed by atoms with Crippen molar-refractivity contribution in [3.05, 3.63) is 123 Å². The van der Waals surface area contributed by atoms with Gasteiger partial charge in [0, 0.05) is 17.2 Å². The second-order valence-electron chi connectivity index (χ2n) is 8.90. The first kappa shape index (κ1) is 26.2. The molecule has 5 rings (SSSR count). The zero-order chi connectivity index (χ0) is 27.4. The number of nitrogens with one attached hydrogen (secondary N) is 2. The van der Waals surface area contributed by atoms with Crippen molar-refractivity contribution >= 4 is 39.5 Å². The Hall–Kier alpha value is -4.44. The average molecular weight is 588 g/mol. The smallest absolute Gasteiger partial charge is 0.261 e. The molecular formula is C29H23BrFN5O3. The molecule has 2 aromatic heterocycles. The molecule has 0 aliphatic carbocycles. The summed E-state index contributed by atoms with van der Waals surface area (Å²) in [5, 5.41) is 6.00. The number of amides is 3. The van der Waals surface area contributed by atoms with Crippen molar-refractivity contribution in [1.82, 2.24) is 20.2 Å². The SMILES string of the molecule is O=C(NCc1cccc(CN2C(=O)c3ccccc3C2=O)n1)c1cc(Br)cnc1NCCc1cccc(F)c1. The van der Waals surface area contributed by atoms with Crippen LogP contribution in [0.2, 0.25) is 0 Å². The summed E-state index contributed by atoms with van der Waals surface area (Å²) < 4.78 is 14.1. The van der Waals surface area contributed by atoms with Crippen molar-refractivity contribution in [2.45, 2.75) is 19.5 Å². The Morgan fingerprint density at radius 3 is 2.38 bits per heavy atom. The van der Waals surface area contributed by atoms with Crippen LogP contribution in [-0.2, 0) is 19.5 Å². The molecule has 1 aliphatic rings. The van der Waals surface area contributed by atoms with Gasteiger partial charge in [0.1, 0.15) is 11.6 Å². The van der Waals surface area contributed by atoms with Crippen LogP contribution in [-0.4, -0.2) is 39.1 Å². The van der Waals surface area contributed by atoms with Crippen molar-refractivity contribution in [2.75, 3.05) is 11.9 Å². The van der Waals surface area contributed by atoms with E-state index >= 15 is 0 Å². The molecule has 0 spiro atoms. The lowest BCUT2D eigenvalue weighted by Gasteiger charge is -2.14. The van der Waals surface area contributed by atoms with Gasteiger partial charge in [-0.1, -0.05) is 30.3 Å². The number of fused-ring (bicyclic) bond motifs is 1. The average Bonchev–Trinajstić information content (AvgIpc) is 3.17. The highest BCUT2D eigenvalue weighted by Crippen LogP contribution is 2.24. The molecule has 2 N–H and O–H groups in total. The predicted molar refractivity (Wildman–Crippen MR) is 147 cm³/mol. The number of hydrogen-bond acceptors (Lipinski definition) is 6. The quantitative estimate of drug-likeness (QED) is 0.274. The van der Waals surface area contributed by atoms with E-state index in [1.807, 2.05) is 6.07 Å². The van der Waals surface area contributed by atoms with Crippen molar-refractivity contribution < 1.29 is 18.8 Å². The third-order valence-corrected chi connectivity index (χ3v) is 6.62. The molecule has 196 valence electrons. The number of anilines is 1. The molecule has 3 amide bonds. The summed E-state index contributed by atoms with van der Waals surface area (Å²) in [6.07, 6.45) is 2.14. The van der Waals surface area contributed by atoms with Gasteiger partial charge < -0.3 is 10.6 Å². The summed E-state index contributed by atoms with van der Waals surface area (Å²) in [6.45, 7) is 0.618. The van der Waals surface area contributed by atoms with Gasteiger partial charge in [0.05, 0.1) is 41.2 Å². The Morgan fingerprint density at radius 2 is 1.64 bits per heavy atom. The van der Waals surface area contributed by atoms with Gasteiger partial charge in [-0.15, -0.1) is 0 Å². The third kappa shape index (κ3) is 6.01. The fraction of sp³-hybridized carbons (Fsp3) is 0.138. The first-order valence-electron chi connectivity index (χ1n) is 12.2. The van der Waals surface area contributed by atoms with Crippen molar-refractivity contribution in [3.8, 4) is 0 Å². The highest BCUT2D eigenvalue weighted by Gasteiger charge is 2.35. The van der Waals surface area contributed by atoms with Crippen LogP contribution in [0.5, 0.6) is 0 Å². The van der Waals surface area contributed by atoms with Crippen LogP contribution in [0.25, 0.3) is 0 Å². The first-order chi connectivity index (χ1) is 18.9. The number of nitrogens with zero attached hydrogens (tertiary/aromatic N) is 3. The molecule has 3 heterocycles. The Kier molecular flexibility index (Phi) is 7.74. The number of pyridine rings is 2. The third-order valence-electron chi connectivity index (χ3n) is 6.19. The van der Waals surface area contributed by atoms with Gasteiger partial charge >= 0.3 is 0 Å². The summed E-state index contributed by atoms with van der Waals surface area (Å²) in [5.74, 6) is -0.953. The normalized spacial score (nSPS) is 12.4. The van der Waals surface area contributed by atoms with E-state index in [1.54, 1.807) is 60.8 Å². The van der Waals surface area contributed by atoms with E-state index < -0.39 is 0 Å². The van der Waals surface area contributed by atoms with Gasteiger partial charge in [-0.05, 0) is 70.4 Å². The lowest BCUT2D eigenvalue weighted by Crippen LogP contribution is -2.30. The molecule has 8 nitrogen and oxygen atoms in total. The van der Waals surface area contributed by atoms with Gasteiger partial charge in [-0.2, -0.15) is 0 Å². The summed E-state index contributed by atoms with van der Waals surface area (Å²) in [5.41, 5.74) is 3.03. The number of aromatic nitrogens is 2. The van der Waals surface area contributed by atoms with Crippen molar-refractivity contribution in [1.29, 1.82) is 0 Å². The highest BCUT2D eigenvalue weighted by atomic mass is 79.9. The Morgan fingerprint density at radius 1 is 0.923 bits per heavy atom. The molecule has 0 fully saturated rings. The summed E-state index contributed by atoms with van der Waals surface area (Å²) >= 11 is 3.36. The van der Waals surface area contributed by atoms with Gasteiger partial charge in [0.25, 0.3) is 17.7 Å². The topological polar surface area (TPSA) is 104 Å². The number of rotatable bonds is 9. The fourth-order valence-electron chi connectivity index (χ4n) is 4.30. The molecule has 0 radical (unpaired) electrons. The maximum absolute atomic E-state index is 13.4. The lowest BCUT2D eigenvalue weighted by atomic mass is 10.1. The Balaban J connectivity index is 1.22. The van der Waals surface area contributed by atoms with E-state index in [1.165, 1.54) is 17.0 Å². The number of imide groups is 1. The minimum Gasteiger partial charge on any atom is -0.369 e. The van der Waals surface area contributed by atoms with Crippen LogP contribution in [0.3, 0.4) is 0 Å². The maximum atomic E-state index is 13.4. The van der Waals surface area contributed by atoms with E-state index in [-0.39, 0.29) is 36.6 Å². The molecule has 0 bridgehead atoms. The predicted octanol–water partition coefficient (Wildman–Crippen LogP) is 4.76. The highest BCUT2D eigenvalue weighted by molar-refractivity contribution is 9.10. The number of halogens is 2. The summed E-state index contributed by atoms with van der Waals surface area (Å²) in [6, 6.07) is 20.0. The first-order valence-corrected chi connectivity index (χ1v) is 13.0. The molecular weight excluding hydrogens is 565 g/mol. The van der Waals surface area contributed by atoms with Crippen molar-refractivity contribution in [3.63, 3.8) is 0 Å². The largest absolute Gasteiger partial charge is 0.369 e. The molecule has 0 atom stereocenters. The monoisotopic (exact) mass is 587 g/mol. The van der Waals surface area contributed by atoms with E-state index in [2.05, 4.69) is 36.5 Å². The van der Waals surface area contributed by atoms with Gasteiger partial charge in [-0.25, -0.2) is 9.37 Å². The van der Waals surface area contributed by atoms with Crippen LogP contribution in [0, 0.1) is 5.82 Å². The molecule has 39 heavy (non-hydrogen) atoms. The molecule has 0 saturated heterocycles. The number of carbonyl (C=O) groups is 3. The Bertz CT molecular complexity index is 1540. The lowest BCUT2D eigenvalue weighted by molar-refractivity contribution is 0.0640. The fourth-order valence-corrected chi connectivity index (χ4v) is 4.63. The minimum absolute atomic E-state index is 0.0308. The minimum atomic E-state index is -0.357. The molecule has 1 aliphatic heterocycles. The summed E-state index contributed by atoms with van der Waals surface area (Å²) in [7, 11) is 0. The zero-order valence-corrected chi connectivity index (χ0v) is 22.2. The van der Waals surface area contributed by atoms with E-state index in [4.69, 9.17) is 0 Å². The molecule has 0 saturated carbocycles. The van der Waals surface area contributed by atoms with E-state index in [9.17, 15) is 18.8 Å². The standard InChI is InChI=1S/C29H23BrFN5O3/c30-19-14-25(26(33-15-19)32-12-11-18-5-3-6-20(31)13-18)27(37)34-16-21-7-4-8-22(35-21)17-36-28(38)23-9-1-2-10-24(23)29(36)39/h1-10,13-15H,11-12,16-17H2,(H,32,33)(H,34,37). The molecule has 4 aromatic rings. The van der Waals surface area contributed by atoms with Crippen LogP contribution in [0.1, 0.15) is 48.0 Å². The maximum Gasteiger partial charge on any atom is 0.261 e. The van der Waals surface area contributed by atoms with Gasteiger partial charge in [-0.3, -0.25) is 24.3 Å². The second kappa shape index (κ2) is 11.5. The van der Waals surface area contributed by atoms with Gasteiger partial charge in [0.2, 0.25) is 0 Å². The molecule has 10 heteroatoms. The van der Waals surface area contributed by atoms with E-state index in [0.717, 1.165) is 5.56 Å². The molecule has 0 unspecified atom stereocenters. The molecule has 2 aromatic carbocycles. The second-order valence-corrected chi connectivity index (χ2v) is 9.82. The van der Waals surface area contributed by atoms with Gasteiger partial charge in [0.15, 0.2) is 0 Å². The summed E-state index contributed by atoms with van der Waals surface area (Å²) in [4.78, 5) is 48.5. The zero-order valence-electron chi connectivity index (χ0n) is 20.7. The number of hydrogen-bond donors (Lipinski definition) is 2. The van der Waals surface area contributed by atoms with Crippen molar-refractivity contribution in [2.24, 2.45) is 0 Å². The van der Waals surface area contributed by atoms with Crippen LogP contribution in [0.15, 0.2) is 83.5 Å².